The first kappa shape index (κ1) is 17.8. The smallest absolute Gasteiger partial charge is 0.270 e. The number of carbonyl (C=O) groups is 1. The number of alkyl halides is 2. The topological polar surface area (TPSA) is 103 Å². The van der Waals surface area contributed by atoms with E-state index in [2.05, 4.69) is 0 Å². The van der Waals surface area contributed by atoms with Crippen LogP contribution < -0.4 is 0 Å². The van der Waals surface area contributed by atoms with Crippen LogP contribution in [0.1, 0.15) is 21.3 Å². The molecule has 0 aliphatic rings. The molecule has 2 rings (SSSR count). The summed E-state index contributed by atoms with van der Waals surface area (Å²) < 4.78 is 0. The van der Waals surface area contributed by atoms with Gasteiger partial charge in [-0.3, -0.25) is 25.0 Å². The molecule has 7 nitrogen and oxygen atoms in total. The minimum atomic E-state index is -1.19. The van der Waals surface area contributed by atoms with Crippen molar-refractivity contribution in [2.75, 3.05) is 0 Å². The molecular formula is C15H10Cl2N2O5. The summed E-state index contributed by atoms with van der Waals surface area (Å²) in [7, 11) is 0. The third-order valence-electron chi connectivity index (χ3n) is 3.27. The molecule has 0 aromatic heterocycles. The van der Waals surface area contributed by atoms with E-state index in [1.165, 1.54) is 42.5 Å². The number of nitro benzene ring substituents is 2. The highest BCUT2D eigenvalue weighted by molar-refractivity contribution is 6.39. The van der Waals surface area contributed by atoms with Crippen LogP contribution in [-0.2, 0) is 0 Å². The number of nitrogens with zero attached hydrogens (tertiary/aromatic N) is 2. The molecule has 0 aliphatic carbocycles. The molecule has 0 spiro atoms. The average molecular weight is 369 g/mol. The van der Waals surface area contributed by atoms with Gasteiger partial charge in [0.1, 0.15) is 5.38 Å². The number of carbonyl (C=O) groups excluding carboxylic acids is 1. The number of benzene rings is 2. The number of rotatable bonds is 6. The van der Waals surface area contributed by atoms with Crippen LogP contribution in [0.2, 0.25) is 0 Å². The Hall–Kier alpha value is -2.51. The maximum atomic E-state index is 12.4. The number of halogens is 2. The van der Waals surface area contributed by atoms with Gasteiger partial charge in [0.05, 0.1) is 15.2 Å². The summed E-state index contributed by atoms with van der Waals surface area (Å²) in [5.41, 5.74) is 0.155. The predicted molar refractivity (Wildman–Crippen MR) is 88.8 cm³/mol. The lowest BCUT2D eigenvalue weighted by atomic mass is 10.0. The predicted octanol–water partition coefficient (Wildman–Crippen LogP) is 4.27. The second-order valence-electron chi connectivity index (χ2n) is 4.82. The quantitative estimate of drug-likeness (QED) is 0.327. The molecule has 2 atom stereocenters. The second-order valence-corrected chi connectivity index (χ2v) is 5.76. The van der Waals surface area contributed by atoms with Crippen LogP contribution in [0.25, 0.3) is 0 Å². The minimum Gasteiger partial charge on any atom is -0.292 e. The number of hydrogen-bond acceptors (Lipinski definition) is 5. The average Bonchev–Trinajstić information content (AvgIpc) is 2.60. The fraction of sp³-hybridized carbons (Fsp3) is 0.133. The molecule has 0 amide bonds. The SMILES string of the molecule is O=C(c1cccc([N+](=O)[O-])c1)[C@H](Cl)[C@@H](Cl)c1ccc([N+](=O)[O-])cc1. The van der Waals surface area contributed by atoms with Crippen LogP contribution in [0.15, 0.2) is 48.5 Å². The molecule has 9 heteroatoms. The van der Waals surface area contributed by atoms with E-state index in [0.717, 1.165) is 6.07 Å². The molecule has 2 aromatic rings. The molecule has 0 radical (unpaired) electrons. The fourth-order valence-electron chi connectivity index (χ4n) is 2.01. The van der Waals surface area contributed by atoms with Gasteiger partial charge in [0, 0.05) is 29.8 Å². The summed E-state index contributed by atoms with van der Waals surface area (Å²) in [6.07, 6.45) is 0. The molecule has 2 aromatic carbocycles. The second kappa shape index (κ2) is 7.37. The van der Waals surface area contributed by atoms with E-state index in [1.807, 2.05) is 0 Å². The third kappa shape index (κ3) is 3.87. The number of non-ortho nitro benzene ring substituents is 2. The lowest BCUT2D eigenvalue weighted by Crippen LogP contribution is -2.20. The van der Waals surface area contributed by atoms with Crippen molar-refractivity contribution in [3.8, 4) is 0 Å². The van der Waals surface area contributed by atoms with Gasteiger partial charge in [0.2, 0.25) is 0 Å². The summed E-state index contributed by atoms with van der Waals surface area (Å²) in [5, 5.41) is 19.3. The van der Waals surface area contributed by atoms with Crippen molar-refractivity contribution in [1.82, 2.24) is 0 Å². The van der Waals surface area contributed by atoms with E-state index in [4.69, 9.17) is 23.2 Å². The van der Waals surface area contributed by atoms with Crippen molar-refractivity contribution < 1.29 is 14.6 Å². The van der Waals surface area contributed by atoms with E-state index in [-0.39, 0.29) is 16.9 Å². The highest BCUT2D eigenvalue weighted by Gasteiger charge is 2.28. The summed E-state index contributed by atoms with van der Waals surface area (Å²) in [6, 6.07) is 10.5. The largest absolute Gasteiger partial charge is 0.292 e. The van der Waals surface area contributed by atoms with Gasteiger partial charge >= 0.3 is 0 Å². The standard InChI is InChI=1S/C15H10Cl2N2O5/c16-13(9-4-6-11(7-5-9)18(21)22)14(17)15(20)10-2-1-3-12(8-10)19(23)24/h1-8,13-14H/t13-,14+/m0/s1. The first-order valence-electron chi connectivity index (χ1n) is 6.62. The molecular weight excluding hydrogens is 359 g/mol. The molecule has 0 heterocycles. The van der Waals surface area contributed by atoms with Gasteiger partial charge < -0.3 is 0 Å². The number of ketones is 1. The van der Waals surface area contributed by atoms with Crippen molar-refractivity contribution in [2.45, 2.75) is 10.8 Å². The number of nitro groups is 2. The molecule has 0 bridgehead atoms. The van der Waals surface area contributed by atoms with Crippen molar-refractivity contribution >= 4 is 40.4 Å². The first-order chi connectivity index (χ1) is 11.3. The maximum Gasteiger partial charge on any atom is 0.270 e. The van der Waals surface area contributed by atoms with Gasteiger partial charge in [0.15, 0.2) is 5.78 Å². The Kier molecular flexibility index (Phi) is 5.48. The van der Waals surface area contributed by atoms with Crippen LogP contribution >= 0.6 is 23.2 Å². The highest BCUT2D eigenvalue weighted by atomic mass is 35.5. The maximum absolute atomic E-state index is 12.4. The minimum absolute atomic E-state index is 0.0664. The Morgan fingerprint density at radius 2 is 1.50 bits per heavy atom. The Labute approximate surface area is 146 Å². The van der Waals surface area contributed by atoms with Gasteiger partial charge in [-0.2, -0.15) is 0 Å². The van der Waals surface area contributed by atoms with E-state index in [1.54, 1.807) is 0 Å². The summed E-state index contributed by atoms with van der Waals surface area (Å²) >= 11 is 12.3. The van der Waals surface area contributed by atoms with Crippen LogP contribution in [0, 0.1) is 20.2 Å². The van der Waals surface area contributed by atoms with Gasteiger partial charge in [-0.25, -0.2) is 0 Å². The Morgan fingerprint density at radius 1 is 0.917 bits per heavy atom. The molecule has 0 unspecified atom stereocenters. The van der Waals surface area contributed by atoms with E-state index in [9.17, 15) is 25.0 Å². The molecule has 0 N–H and O–H groups in total. The van der Waals surface area contributed by atoms with Crippen molar-refractivity contribution in [3.63, 3.8) is 0 Å². The Balaban J connectivity index is 2.21. The van der Waals surface area contributed by atoms with Gasteiger partial charge in [-0.15, -0.1) is 23.2 Å². The van der Waals surface area contributed by atoms with Gasteiger partial charge in [-0.05, 0) is 5.56 Å². The lowest BCUT2D eigenvalue weighted by molar-refractivity contribution is -0.385. The summed E-state index contributed by atoms with van der Waals surface area (Å²) in [5.74, 6) is -0.571. The molecule has 0 fully saturated rings. The van der Waals surface area contributed by atoms with E-state index in [0.29, 0.717) is 5.56 Å². The van der Waals surface area contributed by atoms with E-state index < -0.39 is 26.4 Å². The first-order valence-corrected chi connectivity index (χ1v) is 7.49. The van der Waals surface area contributed by atoms with Crippen LogP contribution in [-0.4, -0.2) is 21.0 Å². The molecule has 0 aliphatic heterocycles. The van der Waals surface area contributed by atoms with Crippen LogP contribution in [0.5, 0.6) is 0 Å². The van der Waals surface area contributed by atoms with Crippen molar-refractivity contribution in [2.24, 2.45) is 0 Å². The van der Waals surface area contributed by atoms with Gasteiger partial charge in [0.25, 0.3) is 11.4 Å². The molecule has 124 valence electrons. The molecule has 0 saturated heterocycles. The van der Waals surface area contributed by atoms with Crippen LogP contribution in [0.4, 0.5) is 11.4 Å². The molecule has 24 heavy (non-hydrogen) atoms. The molecule has 0 saturated carbocycles. The zero-order valence-electron chi connectivity index (χ0n) is 12.0. The Morgan fingerprint density at radius 3 is 2.04 bits per heavy atom. The highest BCUT2D eigenvalue weighted by Crippen LogP contribution is 2.31. The Bertz CT molecular complexity index is 795. The summed E-state index contributed by atoms with van der Waals surface area (Å²) in [4.78, 5) is 32.6. The lowest BCUT2D eigenvalue weighted by Gasteiger charge is -2.15. The van der Waals surface area contributed by atoms with Crippen LogP contribution in [0.3, 0.4) is 0 Å². The van der Waals surface area contributed by atoms with Crippen molar-refractivity contribution in [1.29, 1.82) is 0 Å². The number of hydrogen-bond donors (Lipinski definition) is 0. The monoisotopic (exact) mass is 368 g/mol. The third-order valence-corrected chi connectivity index (χ3v) is 4.35. The normalized spacial score (nSPS) is 13.1. The van der Waals surface area contributed by atoms with Gasteiger partial charge in [-0.1, -0.05) is 24.3 Å². The number of Topliss-reactive ketones (excluding diaryl/α,β-unsaturated/α-hetero) is 1. The van der Waals surface area contributed by atoms with E-state index >= 15 is 0 Å². The summed E-state index contributed by atoms with van der Waals surface area (Å²) in [6.45, 7) is 0. The zero-order chi connectivity index (χ0) is 17.9. The zero-order valence-corrected chi connectivity index (χ0v) is 13.5. The van der Waals surface area contributed by atoms with Crippen molar-refractivity contribution in [3.05, 3.63) is 79.9 Å². The fourth-order valence-corrected chi connectivity index (χ4v) is 2.55.